The lowest BCUT2D eigenvalue weighted by molar-refractivity contribution is 0.0945. The highest BCUT2D eigenvalue weighted by Crippen LogP contribution is 2.48. The van der Waals surface area contributed by atoms with Gasteiger partial charge in [-0.2, -0.15) is 0 Å². The molecule has 0 aliphatic heterocycles. The van der Waals surface area contributed by atoms with Crippen LogP contribution in [0, 0.1) is 5.41 Å². The lowest BCUT2D eigenvalue weighted by Crippen LogP contribution is -2.30. The summed E-state index contributed by atoms with van der Waals surface area (Å²) in [5.41, 5.74) is 6.68. The third kappa shape index (κ3) is 2.86. The van der Waals surface area contributed by atoms with Crippen molar-refractivity contribution in [3.8, 4) is 0 Å². The molecule has 0 atom stereocenters. The van der Waals surface area contributed by atoms with E-state index < -0.39 is 0 Å². The van der Waals surface area contributed by atoms with E-state index in [1.807, 2.05) is 12.1 Å². The van der Waals surface area contributed by atoms with Crippen LogP contribution in [0.3, 0.4) is 0 Å². The summed E-state index contributed by atoms with van der Waals surface area (Å²) >= 11 is 7.33. The second kappa shape index (κ2) is 5.48. The minimum atomic E-state index is -0.144. The number of nitrogens with two attached hydrogens (primary N) is 1. The van der Waals surface area contributed by atoms with Gasteiger partial charge in [0.15, 0.2) is 0 Å². The SMILES string of the molecule is Nc1c(C(=O)NCC2(CCO)CC2)sc2cc(Cl)ccc12. The highest BCUT2D eigenvalue weighted by Gasteiger charge is 2.42. The first-order chi connectivity index (χ1) is 10.0. The average Bonchev–Trinajstić information content (AvgIpc) is 3.15. The van der Waals surface area contributed by atoms with Gasteiger partial charge in [0.05, 0.1) is 5.69 Å². The van der Waals surface area contributed by atoms with E-state index in [0.717, 1.165) is 29.3 Å². The minimum Gasteiger partial charge on any atom is -0.397 e. The molecule has 21 heavy (non-hydrogen) atoms. The topological polar surface area (TPSA) is 75.4 Å². The number of hydrogen-bond acceptors (Lipinski definition) is 4. The van der Waals surface area contributed by atoms with E-state index in [1.54, 1.807) is 6.07 Å². The summed E-state index contributed by atoms with van der Waals surface area (Å²) in [5.74, 6) is -0.144. The summed E-state index contributed by atoms with van der Waals surface area (Å²) in [6.45, 7) is 0.764. The Balaban J connectivity index is 1.77. The summed E-state index contributed by atoms with van der Waals surface area (Å²) in [5, 5.41) is 13.5. The Morgan fingerprint density at radius 1 is 1.48 bits per heavy atom. The quantitative estimate of drug-likeness (QED) is 0.791. The second-order valence-electron chi connectivity index (χ2n) is 5.64. The van der Waals surface area contributed by atoms with Crippen LogP contribution in [0.2, 0.25) is 5.02 Å². The smallest absolute Gasteiger partial charge is 0.263 e. The van der Waals surface area contributed by atoms with Crippen LogP contribution in [-0.4, -0.2) is 24.2 Å². The highest BCUT2D eigenvalue weighted by molar-refractivity contribution is 7.21. The standard InChI is InChI=1S/C15H17ClN2O2S/c16-9-1-2-10-11(7-9)21-13(12(10)17)14(20)18-8-15(3-4-15)5-6-19/h1-2,7,19H,3-6,8,17H2,(H,18,20). The molecule has 0 bridgehead atoms. The van der Waals surface area contributed by atoms with Crippen LogP contribution >= 0.6 is 22.9 Å². The second-order valence-corrected chi connectivity index (χ2v) is 7.13. The van der Waals surface area contributed by atoms with Crippen molar-refractivity contribution in [3.63, 3.8) is 0 Å². The maximum Gasteiger partial charge on any atom is 0.263 e. The zero-order valence-corrected chi connectivity index (χ0v) is 13.1. The molecule has 1 heterocycles. The van der Waals surface area contributed by atoms with Gasteiger partial charge in [-0.3, -0.25) is 4.79 Å². The molecule has 1 amide bonds. The molecule has 1 aromatic carbocycles. The maximum atomic E-state index is 12.3. The van der Waals surface area contributed by atoms with E-state index in [1.165, 1.54) is 11.3 Å². The van der Waals surface area contributed by atoms with Crippen molar-refractivity contribution in [2.75, 3.05) is 18.9 Å². The van der Waals surface area contributed by atoms with Gasteiger partial charge in [0.2, 0.25) is 0 Å². The van der Waals surface area contributed by atoms with Gasteiger partial charge in [-0.1, -0.05) is 11.6 Å². The normalized spacial score (nSPS) is 16.1. The zero-order chi connectivity index (χ0) is 15.0. The molecule has 3 rings (SSSR count). The Morgan fingerprint density at radius 3 is 2.90 bits per heavy atom. The molecule has 0 radical (unpaired) electrons. The Morgan fingerprint density at radius 2 is 2.24 bits per heavy atom. The summed E-state index contributed by atoms with van der Waals surface area (Å²) in [6.07, 6.45) is 2.86. The molecule has 112 valence electrons. The minimum absolute atomic E-state index is 0.0964. The molecule has 4 nitrogen and oxygen atoms in total. The van der Waals surface area contributed by atoms with E-state index in [4.69, 9.17) is 22.4 Å². The molecule has 2 aromatic rings. The lowest BCUT2D eigenvalue weighted by Gasteiger charge is -2.14. The number of halogens is 1. The van der Waals surface area contributed by atoms with Crippen molar-refractivity contribution in [2.45, 2.75) is 19.3 Å². The number of benzene rings is 1. The Hall–Kier alpha value is -1.30. The van der Waals surface area contributed by atoms with Gasteiger partial charge in [-0.05, 0) is 42.9 Å². The number of anilines is 1. The predicted octanol–water partition coefficient (Wildman–Crippen LogP) is 3.03. The molecule has 1 aromatic heterocycles. The predicted molar refractivity (Wildman–Crippen MR) is 87.0 cm³/mol. The Bertz CT molecular complexity index is 694. The van der Waals surface area contributed by atoms with Crippen LogP contribution in [-0.2, 0) is 0 Å². The Labute approximate surface area is 131 Å². The average molecular weight is 325 g/mol. The first-order valence-electron chi connectivity index (χ1n) is 6.91. The van der Waals surface area contributed by atoms with Crippen molar-refractivity contribution in [1.82, 2.24) is 5.32 Å². The van der Waals surface area contributed by atoms with Crippen LogP contribution in [0.5, 0.6) is 0 Å². The number of hydrogen-bond donors (Lipinski definition) is 3. The van der Waals surface area contributed by atoms with Crippen molar-refractivity contribution in [1.29, 1.82) is 0 Å². The molecule has 0 unspecified atom stereocenters. The first kappa shape index (κ1) is 14.6. The number of nitrogens with one attached hydrogen (secondary N) is 1. The van der Waals surface area contributed by atoms with Crippen LogP contribution in [0.15, 0.2) is 18.2 Å². The van der Waals surface area contributed by atoms with Crippen molar-refractivity contribution < 1.29 is 9.90 Å². The fraction of sp³-hybridized carbons (Fsp3) is 0.400. The van der Waals surface area contributed by atoms with E-state index >= 15 is 0 Å². The number of fused-ring (bicyclic) bond motifs is 1. The number of carbonyl (C=O) groups is 1. The number of amides is 1. The zero-order valence-electron chi connectivity index (χ0n) is 11.5. The van der Waals surface area contributed by atoms with Crippen molar-refractivity contribution in [2.24, 2.45) is 5.41 Å². The number of carbonyl (C=O) groups excluding carboxylic acids is 1. The Kier molecular flexibility index (Phi) is 3.82. The molecule has 1 aliphatic carbocycles. The molecule has 0 saturated heterocycles. The summed E-state index contributed by atoms with van der Waals surface area (Å²) in [7, 11) is 0. The van der Waals surface area contributed by atoms with Gasteiger partial charge >= 0.3 is 0 Å². The number of aliphatic hydroxyl groups excluding tert-OH is 1. The molecule has 4 N–H and O–H groups in total. The van der Waals surface area contributed by atoms with Crippen molar-refractivity contribution >= 4 is 44.6 Å². The largest absolute Gasteiger partial charge is 0.397 e. The molecule has 1 fully saturated rings. The lowest BCUT2D eigenvalue weighted by atomic mass is 10.0. The number of rotatable bonds is 5. The molecule has 0 spiro atoms. The number of nitrogen functional groups attached to an aromatic ring is 1. The number of thiophene rings is 1. The fourth-order valence-electron chi connectivity index (χ4n) is 2.54. The molecule has 1 aliphatic rings. The van der Waals surface area contributed by atoms with Crippen LogP contribution in [0.25, 0.3) is 10.1 Å². The molecular formula is C15H17ClN2O2S. The monoisotopic (exact) mass is 324 g/mol. The van der Waals surface area contributed by atoms with Gasteiger partial charge in [0, 0.05) is 28.3 Å². The summed E-state index contributed by atoms with van der Waals surface area (Å²) < 4.78 is 0.918. The van der Waals surface area contributed by atoms with Gasteiger partial charge in [-0.25, -0.2) is 0 Å². The van der Waals surface area contributed by atoms with Gasteiger partial charge < -0.3 is 16.2 Å². The van der Waals surface area contributed by atoms with Gasteiger partial charge in [-0.15, -0.1) is 11.3 Å². The van der Waals surface area contributed by atoms with E-state index in [2.05, 4.69) is 5.32 Å². The first-order valence-corrected chi connectivity index (χ1v) is 8.11. The van der Waals surface area contributed by atoms with E-state index in [-0.39, 0.29) is 17.9 Å². The highest BCUT2D eigenvalue weighted by atomic mass is 35.5. The maximum absolute atomic E-state index is 12.3. The molecular weight excluding hydrogens is 308 g/mol. The third-order valence-electron chi connectivity index (χ3n) is 4.12. The van der Waals surface area contributed by atoms with Crippen molar-refractivity contribution in [3.05, 3.63) is 28.1 Å². The van der Waals surface area contributed by atoms with E-state index in [9.17, 15) is 4.79 Å². The van der Waals surface area contributed by atoms with E-state index in [0.29, 0.717) is 22.1 Å². The molecule has 1 saturated carbocycles. The number of aliphatic hydroxyl groups is 1. The molecule has 6 heteroatoms. The third-order valence-corrected chi connectivity index (χ3v) is 5.52. The van der Waals surface area contributed by atoms with Crippen LogP contribution in [0.4, 0.5) is 5.69 Å². The fourth-order valence-corrected chi connectivity index (χ4v) is 3.85. The summed E-state index contributed by atoms with van der Waals surface area (Å²) in [6, 6.07) is 5.44. The van der Waals surface area contributed by atoms with Gasteiger partial charge in [0.1, 0.15) is 4.88 Å². The summed E-state index contributed by atoms with van der Waals surface area (Å²) in [4.78, 5) is 12.9. The van der Waals surface area contributed by atoms with Gasteiger partial charge in [0.25, 0.3) is 5.91 Å². The van der Waals surface area contributed by atoms with Crippen LogP contribution in [0.1, 0.15) is 28.9 Å². The van der Waals surface area contributed by atoms with Crippen LogP contribution < -0.4 is 11.1 Å².